The predicted octanol–water partition coefficient (Wildman–Crippen LogP) is 0.881. The molecule has 8 heteroatoms. The molecule has 1 N–H and O–H groups in total. The Kier molecular flexibility index (Phi) is 4.36. The van der Waals surface area contributed by atoms with Crippen LogP contribution in [-0.2, 0) is 15.8 Å². The lowest BCUT2D eigenvalue weighted by atomic mass is 10.2. The third-order valence-electron chi connectivity index (χ3n) is 3.13. The van der Waals surface area contributed by atoms with E-state index in [4.69, 9.17) is 5.11 Å². The summed E-state index contributed by atoms with van der Waals surface area (Å²) < 4.78 is 25.9. The van der Waals surface area contributed by atoms with E-state index >= 15 is 0 Å². The van der Waals surface area contributed by atoms with Gasteiger partial charge in [-0.3, -0.25) is 10.1 Å². The molecule has 0 atom stereocenters. The van der Waals surface area contributed by atoms with Gasteiger partial charge >= 0.3 is 0 Å². The monoisotopic (exact) mass is 300 g/mol. The number of sulfonamides is 1. The van der Waals surface area contributed by atoms with E-state index in [0.717, 1.165) is 12.8 Å². The Balaban J connectivity index is 2.12. The number of aliphatic hydroxyl groups excluding tert-OH is 1. The van der Waals surface area contributed by atoms with Crippen LogP contribution in [0.2, 0.25) is 0 Å². The van der Waals surface area contributed by atoms with E-state index in [1.807, 2.05) is 0 Å². The van der Waals surface area contributed by atoms with Crippen molar-refractivity contribution < 1.29 is 18.4 Å². The van der Waals surface area contributed by atoms with Crippen LogP contribution in [-0.4, -0.2) is 41.9 Å². The lowest BCUT2D eigenvalue weighted by Gasteiger charge is -2.20. The molecule has 0 aromatic heterocycles. The molecule has 1 aliphatic carbocycles. The maximum absolute atomic E-state index is 12.3. The number of nitro groups is 1. The zero-order valence-electron chi connectivity index (χ0n) is 10.8. The summed E-state index contributed by atoms with van der Waals surface area (Å²) in [5, 5.41) is 19.5. The Morgan fingerprint density at radius 2 is 1.90 bits per heavy atom. The molecule has 0 heterocycles. The maximum Gasteiger partial charge on any atom is 0.269 e. The Labute approximate surface area is 117 Å². The topological polar surface area (TPSA) is 101 Å². The van der Waals surface area contributed by atoms with Crippen LogP contribution in [0.25, 0.3) is 0 Å². The van der Waals surface area contributed by atoms with E-state index in [1.165, 1.54) is 28.6 Å². The van der Waals surface area contributed by atoms with Gasteiger partial charge in [0.25, 0.3) is 5.69 Å². The fourth-order valence-electron chi connectivity index (χ4n) is 2.02. The zero-order valence-corrected chi connectivity index (χ0v) is 11.6. The van der Waals surface area contributed by atoms with Gasteiger partial charge in [-0.05, 0) is 18.4 Å². The quantitative estimate of drug-likeness (QED) is 0.595. The normalized spacial score (nSPS) is 15.5. The van der Waals surface area contributed by atoms with Gasteiger partial charge in [0.15, 0.2) is 0 Å². The molecule has 0 unspecified atom stereocenters. The Hall–Kier alpha value is -1.51. The molecular formula is C12H16N2O5S. The highest BCUT2D eigenvalue weighted by Crippen LogP contribution is 2.30. The first kappa shape index (κ1) is 14.9. The average Bonchev–Trinajstić information content (AvgIpc) is 3.20. The van der Waals surface area contributed by atoms with Crippen LogP contribution >= 0.6 is 0 Å². The lowest BCUT2D eigenvalue weighted by molar-refractivity contribution is -0.384. The summed E-state index contributed by atoms with van der Waals surface area (Å²) in [4.78, 5) is 10.0. The number of hydrogen-bond donors (Lipinski definition) is 1. The summed E-state index contributed by atoms with van der Waals surface area (Å²) in [6.07, 6.45) is 1.64. The van der Waals surface area contributed by atoms with Crippen molar-refractivity contribution in [1.29, 1.82) is 0 Å². The third-order valence-corrected chi connectivity index (χ3v) is 5.02. The van der Waals surface area contributed by atoms with E-state index < -0.39 is 14.9 Å². The molecule has 1 aromatic rings. The highest BCUT2D eigenvalue weighted by Gasteiger charge is 2.36. The van der Waals surface area contributed by atoms with Crippen LogP contribution in [0.1, 0.15) is 18.4 Å². The molecule has 1 aliphatic rings. The minimum atomic E-state index is -3.50. The van der Waals surface area contributed by atoms with Gasteiger partial charge < -0.3 is 5.11 Å². The second-order valence-electron chi connectivity index (χ2n) is 4.75. The van der Waals surface area contributed by atoms with E-state index in [9.17, 15) is 18.5 Å². The number of benzene rings is 1. The first-order valence-corrected chi connectivity index (χ1v) is 7.88. The number of nitrogens with zero attached hydrogens (tertiary/aromatic N) is 2. The standard InChI is InChI=1S/C12H16N2O5S/c15-8-7-13(11-5-6-11)20(18,19)9-10-1-3-12(4-2-10)14(16)17/h1-4,11,15H,5-9H2. The number of hydrogen-bond acceptors (Lipinski definition) is 5. The molecule has 0 amide bonds. The molecule has 2 rings (SSSR count). The number of nitro benzene ring substituents is 1. The van der Waals surface area contributed by atoms with Crippen molar-refractivity contribution in [3.05, 3.63) is 39.9 Å². The second-order valence-corrected chi connectivity index (χ2v) is 6.67. The summed E-state index contributed by atoms with van der Waals surface area (Å²) >= 11 is 0. The van der Waals surface area contributed by atoms with E-state index in [2.05, 4.69) is 0 Å². The predicted molar refractivity (Wildman–Crippen MR) is 72.5 cm³/mol. The van der Waals surface area contributed by atoms with E-state index in [0.29, 0.717) is 5.56 Å². The highest BCUT2D eigenvalue weighted by molar-refractivity contribution is 7.88. The van der Waals surface area contributed by atoms with Crippen molar-refractivity contribution in [2.24, 2.45) is 0 Å². The van der Waals surface area contributed by atoms with Crippen LogP contribution in [0.5, 0.6) is 0 Å². The first-order chi connectivity index (χ1) is 9.44. The molecule has 0 radical (unpaired) electrons. The van der Waals surface area contributed by atoms with Gasteiger partial charge in [-0.2, -0.15) is 4.31 Å². The van der Waals surface area contributed by atoms with Crippen molar-refractivity contribution in [2.75, 3.05) is 13.2 Å². The Bertz CT molecular complexity index is 580. The molecule has 1 saturated carbocycles. The summed E-state index contributed by atoms with van der Waals surface area (Å²) in [5.74, 6) is -0.207. The minimum Gasteiger partial charge on any atom is -0.395 e. The average molecular weight is 300 g/mol. The molecule has 7 nitrogen and oxygen atoms in total. The molecule has 20 heavy (non-hydrogen) atoms. The van der Waals surface area contributed by atoms with Crippen LogP contribution in [0.3, 0.4) is 0 Å². The summed E-state index contributed by atoms with van der Waals surface area (Å²) in [6.45, 7) is -0.115. The molecule has 0 aliphatic heterocycles. The number of non-ortho nitro benzene ring substituents is 1. The van der Waals surface area contributed by atoms with Gasteiger partial charge in [-0.25, -0.2) is 8.42 Å². The Morgan fingerprint density at radius 3 is 2.35 bits per heavy atom. The largest absolute Gasteiger partial charge is 0.395 e. The zero-order chi connectivity index (χ0) is 14.8. The second kappa shape index (κ2) is 5.86. The van der Waals surface area contributed by atoms with Gasteiger partial charge in [-0.15, -0.1) is 0 Å². The number of aliphatic hydroxyl groups is 1. The van der Waals surface area contributed by atoms with Crippen molar-refractivity contribution in [2.45, 2.75) is 24.6 Å². The van der Waals surface area contributed by atoms with Crippen LogP contribution in [0.15, 0.2) is 24.3 Å². The van der Waals surface area contributed by atoms with Gasteiger partial charge in [0, 0.05) is 24.7 Å². The van der Waals surface area contributed by atoms with Crippen molar-refractivity contribution >= 4 is 15.7 Å². The fourth-order valence-corrected chi connectivity index (χ4v) is 3.82. The van der Waals surface area contributed by atoms with Crippen LogP contribution < -0.4 is 0 Å². The van der Waals surface area contributed by atoms with Crippen LogP contribution in [0.4, 0.5) is 5.69 Å². The molecular weight excluding hydrogens is 284 g/mol. The minimum absolute atomic E-state index is 0.00908. The summed E-state index contributed by atoms with van der Waals surface area (Å²) in [6, 6.07) is 5.46. The van der Waals surface area contributed by atoms with E-state index in [1.54, 1.807) is 0 Å². The van der Waals surface area contributed by atoms with Gasteiger partial charge in [0.2, 0.25) is 10.0 Å². The fraction of sp³-hybridized carbons (Fsp3) is 0.500. The lowest BCUT2D eigenvalue weighted by Crippen LogP contribution is -2.36. The molecule has 0 bridgehead atoms. The maximum atomic E-state index is 12.3. The summed E-state index contributed by atoms with van der Waals surface area (Å²) in [7, 11) is -3.50. The third kappa shape index (κ3) is 3.53. The highest BCUT2D eigenvalue weighted by atomic mass is 32.2. The van der Waals surface area contributed by atoms with Gasteiger partial charge in [0.05, 0.1) is 17.3 Å². The van der Waals surface area contributed by atoms with Crippen molar-refractivity contribution in [3.8, 4) is 0 Å². The SMILES string of the molecule is O=[N+]([O-])c1ccc(CS(=O)(=O)N(CCO)C2CC2)cc1. The van der Waals surface area contributed by atoms with E-state index in [-0.39, 0.29) is 30.6 Å². The molecule has 110 valence electrons. The molecule has 0 spiro atoms. The summed E-state index contributed by atoms with van der Waals surface area (Å²) in [5.41, 5.74) is 0.430. The van der Waals surface area contributed by atoms with Gasteiger partial charge in [0.1, 0.15) is 0 Å². The van der Waals surface area contributed by atoms with Crippen molar-refractivity contribution in [3.63, 3.8) is 0 Å². The van der Waals surface area contributed by atoms with Crippen LogP contribution in [0, 0.1) is 10.1 Å². The molecule has 0 saturated heterocycles. The number of rotatable bonds is 7. The van der Waals surface area contributed by atoms with Crippen molar-refractivity contribution in [1.82, 2.24) is 4.31 Å². The molecule has 1 fully saturated rings. The first-order valence-electron chi connectivity index (χ1n) is 6.28. The Morgan fingerprint density at radius 1 is 1.30 bits per heavy atom. The van der Waals surface area contributed by atoms with Gasteiger partial charge in [-0.1, -0.05) is 12.1 Å². The molecule has 1 aromatic carbocycles. The smallest absolute Gasteiger partial charge is 0.269 e.